The predicted octanol–water partition coefficient (Wildman–Crippen LogP) is 2.31. The van der Waals surface area contributed by atoms with Gasteiger partial charge in [-0.3, -0.25) is 11.3 Å². The molecule has 0 fully saturated rings. The zero-order valence-corrected chi connectivity index (χ0v) is 11.5. The van der Waals surface area contributed by atoms with Gasteiger partial charge in [-0.25, -0.2) is 0 Å². The number of nitrogen functional groups attached to an aromatic ring is 2. The van der Waals surface area contributed by atoms with Crippen molar-refractivity contribution in [3.63, 3.8) is 0 Å². The number of methoxy groups -OCH3 is 1. The second kappa shape index (κ2) is 6.03. The van der Waals surface area contributed by atoms with E-state index in [4.69, 9.17) is 16.3 Å². The van der Waals surface area contributed by atoms with Gasteiger partial charge in [-0.15, -0.1) is 0 Å². The number of hydrogen-bond acceptors (Lipinski definition) is 6. The Morgan fingerprint density at radius 2 is 1.70 bits per heavy atom. The fourth-order valence-corrected chi connectivity index (χ4v) is 1.76. The minimum absolute atomic E-state index is 0.529. The van der Waals surface area contributed by atoms with Crippen molar-refractivity contribution in [2.75, 3.05) is 29.1 Å². The lowest BCUT2D eigenvalue weighted by molar-refractivity contribution is 0.417. The summed E-state index contributed by atoms with van der Waals surface area (Å²) in [7, 11) is 1.59. The minimum atomic E-state index is 0.529. The van der Waals surface area contributed by atoms with Crippen LogP contribution in [0.5, 0.6) is 5.75 Å². The molecule has 0 radical (unpaired) electrons. The highest BCUT2D eigenvalue weighted by Gasteiger charge is 2.07. The number of aryl methyl sites for hydroxylation is 1. The molecule has 0 atom stereocenters. The van der Waals surface area contributed by atoms with E-state index in [1.54, 1.807) is 19.2 Å². The molecule has 0 amide bonds. The second-order valence-corrected chi connectivity index (χ2v) is 4.40. The summed E-state index contributed by atoms with van der Waals surface area (Å²) in [4.78, 5) is 0. The Kier molecular flexibility index (Phi) is 4.17. The summed E-state index contributed by atoms with van der Waals surface area (Å²) in [5.74, 6) is 6.01. The van der Waals surface area contributed by atoms with Gasteiger partial charge in [0.05, 0.1) is 29.9 Å². The number of nitrogens with one attached hydrogen (secondary N) is 3. The van der Waals surface area contributed by atoms with Gasteiger partial charge in [-0.2, -0.15) is 0 Å². The first kappa shape index (κ1) is 13.8. The van der Waals surface area contributed by atoms with Crippen LogP contribution < -0.4 is 32.6 Å². The Morgan fingerprint density at radius 1 is 1.00 bits per heavy atom. The molecule has 106 valence electrons. The lowest BCUT2D eigenvalue weighted by atomic mass is 10.2. The van der Waals surface area contributed by atoms with Gasteiger partial charge in [-0.1, -0.05) is 17.7 Å². The zero-order chi connectivity index (χ0) is 14.5. The Balaban J connectivity index is 2.16. The van der Waals surface area contributed by atoms with E-state index < -0.39 is 0 Å². The maximum Gasteiger partial charge on any atom is 0.146 e. The van der Waals surface area contributed by atoms with Gasteiger partial charge in [0.15, 0.2) is 0 Å². The van der Waals surface area contributed by atoms with E-state index in [0.717, 1.165) is 11.4 Å². The molecule has 0 saturated carbocycles. The highest BCUT2D eigenvalue weighted by molar-refractivity contribution is 5.77. The molecular formula is C14H19N5O. The van der Waals surface area contributed by atoms with Gasteiger partial charge in [0.25, 0.3) is 0 Å². The van der Waals surface area contributed by atoms with Gasteiger partial charge in [0.1, 0.15) is 5.75 Å². The first-order valence-electron chi connectivity index (χ1n) is 6.17. The van der Waals surface area contributed by atoms with Crippen LogP contribution in [0.15, 0.2) is 36.4 Å². The molecule has 0 bridgehead atoms. The summed E-state index contributed by atoms with van der Waals surface area (Å²) >= 11 is 0. The van der Waals surface area contributed by atoms with Crippen molar-refractivity contribution in [3.05, 3.63) is 42.0 Å². The van der Waals surface area contributed by atoms with Gasteiger partial charge >= 0.3 is 0 Å². The van der Waals surface area contributed by atoms with Gasteiger partial charge in [-0.05, 0) is 25.1 Å². The molecule has 0 aliphatic carbocycles. The van der Waals surface area contributed by atoms with Crippen LogP contribution in [0.4, 0.5) is 22.7 Å². The predicted molar refractivity (Wildman–Crippen MR) is 83.6 cm³/mol. The van der Waals surface area contributed by atoms with Crippen LogP contribution in [0.2, 0.25) is 0 Å². The molecule has 6 heteroatoms. The molecule has 20 heavy (non-hydrogen) atoms. The monoisotopic (exact) mass is 273 g/mol. The van der Waals surface area contributed by atoms with Gasteiger partial charge in [0.2, 0.25) is 0 Å². The lowest BCUT2D eigenvalue weighted by Crippen LogP contribution is -2.12. The average molecular weight is 273 g/mol. The normalized spacial score (nSPS) is 9.95. The van der Waals surface area contributed by atoms with Crippen molar-refractivity contribution < 1.29 is 4.74 Å². The number of hydrogen-bond donors (Lipinski definition) is 5. The number of hydrazine groups is 2. The van der Waals surface area contributed by atoms with Gasteiger partial charge in [0, 0.05) is 6.07 Å². The van der Waals surface area contributed by atoms with E-state index in [2.05, 4.69) is 16.3 Å². The summed E-state index contributed by atoms with van der Waals surface area (Å²) in [6.45, 7) is 2.04. The Bertz CT molecular complexity index is 583. The van der Waals surface area contributed by atoms with Crippen molar-refractivity contribution in [2.24, 2.45) is 5.84 Å². The van der Waals surface area contributed by atoms with Gasteiger partial charge < -0.3 is 21.3 Å². The van der Waals surface area contributed by atoms with E-state index >= 15 is 0 Å². The van der Waals surface area contributed by atoms with E-state index in [1.807, 2.05) is 31.2 Å². The summed E-state index contributed by atoms with van der Waals surface area (Å²) in [5.41, 5.74) is 18.6. The highest BCUT2D eigenvalue weighted by atomic mass is 16.5. The molecule has 0 unspecified atom stereocenters. The van der Waals surface area contributed by atoms with Crippen molar-refractivity contribution >= 4 is 22.7 Å². The van der Waals surface area contributed by atoms with Crippen LogP contribution in [-0.2, 0) is 0 Å². The molecule has 6 nitrogen and oxygen atoms in total. The Labute approximate surface area is 118 Å². The third-order valence-electron chi connectivity index (χ3n) is 2.92. The number of ether oxygens (including phenoxy) is 1. The minimum Gasteiger partial charge on any atom is -0.494 e. The van der Waals surface area contributed by atoms with Crippen molar-refractivity contribution in [2.45, 2.75) is 6.92 Å². The average Bonchev–Trinajstić information content (AvgIpc) is 2.46. The SMILES string of the molecule is COc1cc(NN)c(N)cc1NNc1ccc(C)cc1. The number of nitrogens with two attached hydrogens (primary N) is 2. The Morgan fingerprint density at radius 3 is 2.30 bits per heavy atom. The molecule has 0 aromatic heterocycles. The molecule has 0 spiro atoms. The maximum absolute atomic E-state index is 5.88. The van der Waals surface area contributed by atoms with Crippen LogP contribution >= 0.6 is 0 Å². The van der Waals surface area contributed by atoms with E-state index in [9.17, 15) is 0 Å². The van der Waals surface area contributed by atoms with Crippen LogP contribution in [0.25, 0.3) is 0 Å². The molecule has 2 aromatic carbocycles. The third kappa shape index (κ3) is 3.04. The number of anilines is 4. The number of rotatable bonds is 5. The van der Waals surface area contributed by atoms with Crippen molar-refractivity contribution in [1.29, 1.82) is 0 Å². The summed E-state index contributed by atoms with van der Waals surface area (Å²) < 4.78 is 5.30. The first-order chi connectivity index (χ1) is 9.63. The zero-order valence-electron chi connectivity index (χ0n) is 11.5. The number of benzene rings is 2. The van der Waals surface area contributed by atoms with Crippen molar-refractivity contribution in [1.82, 2.24) is 0 Å². The molecule has 7 N–H and O–H groups in total. The molecule has 0 aliphatic rings. The molecule has 2 rings (SSSR count). The fourth-order valence-electron chi connectivity index (χ4n) is 1.76. The van der Waals surface area contributed by atoms with Crippen LogP contribution in [0.1, 0.15) is 5.56 Å². The van der Waals surface area contributed by atoms with Crippen molar-refractivity contribution in [3.8, 4) is 5.75 Å². The standard InChI is InChI=1S/C14H19N5O/c1-9-3-5-10(6-4-9)18-19-13-7-11(15)12(17-16)8-14(13)20-2/h3-8,17-19H,15-16H2,1-2H3. The largest absolute Gasteiger partial charge is 0.494 e. The van der Waals surface area contributed by atoms with E-state index in [1.165, 1.54) is 5.56 Å². The molecule has 0 aliphatic heterocycles. The highest BCUT2D eigenvalue weighted by Crippen LogP contribution is 2.32. The molecular weight excluding hydrogens is 254 g/mol. The first-order valence-corrected chi connectivity index (χ1v) is 6.17. The third-order valence-corrected chi connectivity index (χ3v) is 2.92. The van der Waals surface area contributed by atoms with Crippen LogP contribution in [-0.4, -0.2) is 7.11 Å². The summed E-state index contributed by atoms with van der Waals surface area (Å²) in [6.07, 6.45) is 0. The fraction of sp³-hybridized carbons (Fsp3) is 0.143. The molecule has 0 saturated heterocycles. The lowest BCUT2D eigenvalue weighted by Gasteiger charge is -2.16. The van der Waals surface area contributed by atoms with E-state index in [0.29, 0.717) is 17.1 Å². The summed E-state index contributed by atoms with van der Waals surface area (Å²) in [6, 6.07) is 11.5. The van der Waals surface area contributed by atoms with Crippen LogP contribution in [0.3, 0.4) is 0 Å². The molecule has 0 heterocycles. The maximum atomic E-state index is 5.88. The topological polar surface area (TPSA) is 97.4 Å². The van der Waals surface area contributed by atoms with E-state index in [-0.39, 0.29) is 0 Å². The quantitative estimate of drug-likeness (QED) is 0.326. The second-order valence-electron chi connectivity index (χ2n) is 4.40. The summed E-state index contributed by atoms with van der Waals surface area (Å²) in [5, 5.41) is 0. The molecule has 2 aromatic rings. The Hall–Kier alpha value is -2.60. The smallest absolute Gasteiger partial charge is 0.146 e. The van der Waals surface area contributed by atoms with Crippen LogP contribution in [0, 0.1) is 6.92 Å².